The van der Waals surface area contributed by atoms with Gasteiger partial charge < -0.3 is 0 Å². The molecule has 1 aliphatic heterocycles. The largest absolute Gasteiger partial charge is 0.282 e. The van der Waals surface area contributed by atoms with Crippen molar-refractivity contribution in [2.24, 2.45) is 10.9 Å². The van der Waals surface area contributed by atoms with Gasteiger partial charge in [-0.2, -0.15) is 0 Å². The minimum absolute atomic E-state index is 0.893. The lowest BCUT2D eigenvalue weighted by molar-refractivity contribution is 0.468. The summed E-state index contributed by atoms with van der Waals surface area (Å²) in [5.41, 5.74) is 0. The molecule has 0 aromatic carbocycles. The van der Waals surface area contributed by atoms with Crippen LogP contribution in [0.25, 0.3) is 0 Å². The van der Waals surface area contributed by atoms with E-state index in [4.69, 9.17) is 0 Å². The molecule has 0 fully saturated rings. The molecule has 0 saturated heterocycles. The highest BCUT2D eigenvalue weighted by molar-refractivity contribution is 8.14. The number of nitrogens with zero attached hydrogens (tertiary/aromatic N) is 1. The molecule has 0 aromatic heterocycles. The number of aliphatic imine (C=N–C) groups is 1. The molecule has 0 amide bonds. The van der Waals surface area contributed by atoms with Crippen LogP contribution in [0.3, 0.4) is 0 Å². The summed E-state index contributed by atoms with van der Waals surface area (Å²) in [6, 6.07) is 0. The molecule has 1 atom stereocenters. The normalized spacial score (nSPS) is 18.8. The van der Waals surface area contributed by atoms with Crippen LogP contribution in [0.4, 0.5) is 0 Å². The van der Waals surface area contributed by atoms with Crippen LogP contribution in [0, 0.1) is 5.92 Å². The van der Waals surface area contributed by atoms with Crippen LogP contribution >= 0.6 is 11.8 Å². The van der Waals surface area contributed by atoms with Crippen LogP contribution in [-0.4, -0.2) is 17.3 Å². The molecule has 0 N–H and O–H groups in total. The molecule has 0 saturated carbocycles. The van der Waals surface area contributed by atoms with Gasteiger partial charge in [0.15, 0.2) is 0 Å². The first-order chi connectivity index (χ1) is 6.36. The van der Waals surface area contributed by atoms with Gasteiger partial charge in [-0.1, -0.05) is 39.5 Å². The van der Waals surface area contributed by atoms with Crippen molar-refractivity contribution in [3.63, 3.8) is 0 Å². The van der Waals surface area contributed by atoms with Gasteiger partial charge in [0.1, 0.15) is 0 Å². The first-order valence-corrected chi connectivity index (χ1v) is 6.51. The van der Waals surface area contributed by atoms with E-state index in [1.54, 1.807) is 0 Å². The highest BCUT2D eigenvalue weighted by Crippen LogP contribution is 2.23. The van der Waals surface area contributed by atoms with Crippen molar-refractivity contribution < 1.29 is 0 Å². The Bertz CT molecular complexity index is 165. The van der Waals surface area contributed by atoms with Gasteiger partial charge in [0, 0.05) is 12.3 Å². The Morgan fingerprint density at radius 2 is 2.31 bits per heavy atom. The van der Waals surface area contributed by atoms with Gasteiger partial charge in [0.05, 0.1) is 5.04 Å². The highest BCUT2D eigenvalue weighted by Gasteiger charge is 2.13. The Balaban J connectivity index is 2.21. The van der Waals surface area contributed by atoms with Crippen LogP contribution < -0.4 is 0 Å². The number of unbranched alkanes of at least 4 members (excludes halogenated alkanes) is 1. The van der Waals surface area contributed by atoms with E-state index in [2.05, 4.69) is 18.8 Å². The number of hydrogen-bond donors (Lipinski definition) is 0. The van der Waals surface area contributed by atoms with Crippen molar-refractivity contribution in [1.29, 1.82) is 0 Å². The maximum Gasteiger partial charge on any atom is 0.0679 e. The van der Waals surface area contributed by atoms with Crippen molar-refractivity contribution in [3.05, 3.63) is 0 Å². The standard InChI is InChI=1S/C11H21NS/c1-3-5-6-10(4-2)9-11-12-7-8-13-11/h10H,3-9H2,1-2H3. The van der Waals surface area contributed by atoms with Crippen LogP contribution in [-0.2, 0) is 0 Å². The lowest BCUT2D eigenvalue weighted by atomic mass is 9.96. The van der Waals surface area contributed by atoms with E-state index in [9.17, 15) is 0 Å². The van der Waals surface area contributed by atoms with E-state index in [1.807, 2.05) is 11.8 Å². The topological polar surface area (TPSA) is 12.4 Å². The SMILES string of the molecule is CCCCC(CC)CC1=NCCS1. The first kappa shape index (κ1) is 11.1. The molecule has 1 nitrogen and oxygen atoms in total. The van der Waals surface area contributed by atoms with Gasteiger partial charge in [0.25, 0.3) is 0 Å². The van der Waals surface area contributed by atoms with Crippen molar-refractivity contribution in [1.82, 2.24) is 0 Å². The fourth-order valence-electron chi connectivity index (χ4n) is 1.69. The molecule has 1 heterocycles. The van der Waals surface area contributed by atoms with Gasteiger partial charge in [-0.25, -0.2) is 0 Å². The Morgan fingerprint density at radius 1 is 1.46 bits per heavy atom. The quantitative estimate of drug-likeness (QED) is 0.635. The van der Waals surface area contributed by atoms with Crippen LogP contribution in [0.1, 0.15) is 46.0 Å². The summed E-state index contributed by atoms with van der Waals surface area (Å²) in [4.78, 5) is 4.51. The zero-order valence-corrected chi connectivity index (χ0v) is 9.70. The van der Waals surface area contributed by atoms with E-state index in [-0.39, 0.29) is 0 Å². The third kappa shape index (κ3) is 4.17. The van der Waals surface area contributed by atoms with Crippen molar-refractivity contribution >= 4 is 16.8 Å². The molecule has 0 radical (unpaired) electrons. The molecule has 0 spiro atoms. The minimum atomic E-state index is 0.893. The smallest absolute Gasteiger partial charge is 0.0679 e. The van der Waals surface area contributed by atoms with Gasteiger partial charge in [-0.05, 0) is 12.3 Å². The lowest BCUT2D eigenvalue weighted by Gasteiger charge is -2.13. The van der Waals surface area contributed by atoms with Crippen LogP contribution in [0.5, 0.6) is 0 Å². The van der Waals surface area contributed by atoms with Crippen LogP contribution in [0.2, 0.25) is 0 Å². The minimum Gasteiger partial charge on any atom is -0.282 e. The van der Waals surface area contributed by atoms with Gasteiger partial charge >= 0.3 is 0 Å². The molecule has 0 bridgehead atoms. The summed E-state index contributed by atoms with van der Waals surface area (Å²) < 4.78 is 0. The van der Waals surface area contributed by atoms with Crippen molar-refractivity contribution in [3.8, 4) is 0 Å². The monoisotopic (exact) mass is 199 g/mol. The molecule has 1 rings (SSSR count). The summed E-state index contributed by atoms with van der Waals surface area (Å²) in [6.07, 6.45) is 6.68. The zero-order chi connectivity index (χ0) is 9.52. The molecular formula is C11H21NS. The average molecular weight is 199 g/mol. The molecule has 0 aliphatic carbocycles. The Hall–Kier alpha value is 0.0200. The molecule has 76 valence electrons. The predicted molar refractivity (Wildman–Crippen MR) is 62.7 cm³/mol. The van der Waals surface area contributed by atoms with E-state index >= 15 is 0 Å². The first-order valence-electron chi connectivity index (χ1n) is 5.53. The lowest BCUT2D eigenvalue weighted by Crippen LogP contribution is -2.03. The third-order valence-corrected chi connectivity index (χ3v) is 3.67. The van der Waals surface area contributed by atoms with Crippen molar-refractivity contribution in [2.75, 3.05) is 12.3 Å². The Kier molecular flexibility index (Phi) is 5.52. The molecule has 13 heavy (non-hydrogen) atoms. The fraction of sp³-hybridized carbons (Fsp3) is 0.909. The number of thioether (sulfide) groups is 1. The van der Waals surface area contributed by atoms with E-state index < -0.39 is 0 Å². The summed E-state index contributed by atoms with van der Waals surface area (Å²) in [5, 5.41) is 1.42. The van der Waals surface area contributed by atoms with E-state index in [0.29, 0.717) is 0 Å². The van der Waals surface area contributed by atoms with Gasteiger partial charge in [0.2, 0.25) is 0 Å². The molecule has 1 unspecified atom stereocenters. The summed E-state index contributed by atoms with van der Waals surface area (Å²) in [6.45, 7) is 5.64. The zero-order valence-electron chi connectivity index (χ0n) is 8.88. The fourth-order valence-corrected chi connectivity index (χ4v) is 2.65. The Morgan fingerprint density at radius 3 is 2.85 bits per heavy atom. The molecule has 2 heteroatoms. The second-order valence-electron chi connectivity index (χ2n) is 3.74. The Labute approximate surface area is 86.4 Å². The second kappa shape index (κ2) is 6.47. The summed E-state index contributed by atoms with van der Waals surface area (Å²) in [7, 11) is 0. The number of rotatable bonds is 6. The number of hydrogen-bond acceptors (Lipinski definition) is 2. The van der Waals surface area contributed by atoms with Gasteiger partial charge in [-0.3, -0.25) is 4.99 Å². The maximum absolute atomic E-state index is 4.51. The third-order valence-electron chi connectivity index (χ3n) is 2.65. The molecule has 0 aromatic rings. The highest BCUT2D eigenvalue weighted by atomic mass is 32.2. The molecular weight excluding hydrogens is 178 g/mol. The maximum atomic E-state index is 4.51. The van der Waals surface area contributed by atoms with E-state index in [0.717, 1.165) is 12.5 Å². The average Bonchev–Trinajstić information content (AvgIpc) is 2.64. The van der Waals surface area contributed by atoms with E-state index in [1.165, 1.54) is 42.9 Å². The van der Waals surface area contributed by atoms with Crippen molar-refractivity contribution in [2.45, 2.75) is 46.0 Å². The van der Waals surface area contributed by atoms with Gasteiger partial charge in [-0.15, -0.1) is 11.8 Å². The summed E-state index contributed by atoms with van der Waals surface area (Å²) in [5.74, 6) is 2.11. The summed E-state index contributed by atoms with van der Waals surface area (Å²) >= 11 is 1.97. The molecule has 1 aliphatic rings. The second-order valence-corrected chi connectivity index (χ2v) is 4.91. The predicted octanol–water partition coefficient (Wildman–Crippen LogP) is 3.74. The van der Waals surface area contributed by atoms with Crippen LogP contribution in [0.15, 0.2) is 4.99 Å².